The fourth-order valence-corrected chi connectivity index (χ4v) is 5.78. The molecule has 188 valence electrons. The maximum Gasteiger partial charge on any atom is 0.341 e. The number of rotatable bonds is 8. The van der Waals surface area contributed by atoms with Gasteiger partial charge in [-0.2, -0.15) is 0 Å². The summed E-state index contributed by atoms with van der Waals surface area (Å²) >= 11 is 1.41. The minimum absolute atomic E-state index is 0.0615. The van der Waals surface area contributed by atoms with Crippen LogP contribution in [0.4, 0.5) is 5.00 Å². The summed E-state index contributed by atoms with van der Waals surface area (Å²) in [6.07, 6.45) is 1.70. The highest BCUT2D eigenvalue weighted by Gasteiger charge is 2.30. The van der Waals surface area contributed by atoms with E-state index >= 15 is 0 Å². The summed E-state index contributed by atoms with van der Waals surface area (Å²) in [5.41, 5.74) is 4.37. The van der Waals surface area contributed by atoms with Gasteiger partial charge in [0, 0.05) is 4.88 Å². The monoisotopic (exact) mass is 505 g/mol. The average Bonchev–Trinajstić information content (AvgIpc) is 3.21. The third kappa shape index (κ3) is 6.02. The average molecular weight is 506 g/mol. The van der Waals surface area contributed by atoms with Crippen LogP contribution in [0.5, 0.6) is 0 Å². The molecule has 2 atom stereocenters. The Kier molecular flexibility index (Phi) is 8.21. The molecular formula is C29H31NO5S. The second kappa shape index (κ2) is 11.5. The molecule has 1 aliphatic rings. The van der Waals surface area contributed by atoms with Crippen LogP contribution in [0.2, 0.25) is 0 Å². The van der Waals surface area contributed by atoms with Crippen molar-refractivity contribution in [3.8, 4) is 11.1 Å². The number of thiophene rings is 1. The molecule has 1 amide bonds. The lowest BCUT2D eigenvalue weighted by atomic mass is 9.88. The predicted molar refractivity (Wildman–Crippen MR) is 141 cm³/mol. The van der Waals surface area contributed by atoms with E-state index in [1.165, 1.54) is 18.3 Å². The zero-order chi connectivity index (χ0) is 25.7. The van der Waals surface area contributed by atoms with E-state index in [1.807, 2.05) is 54.6 Å². The highest BCUT2D eigenvalue weighted by Crippen LogP contribution is 2.40. The number of fused-ring (bicyclic) bond motifs is 1. The number of carbonyl (C=O) groups is 3. The van der Waals surface area contributed by atoms with E-state index in [0.717, 1.165) is 46.4 Å². The lowest BCUT2D eigenvalue weighted by Gasteiger charge is -2.18. The van der Waals surface area contributed by atoms with Gasteiger partial charge in [0.25, 0.3) is 5.91 Å². The van der Waals surface area contributed by atoms with Gasteiger partial charge in [0.05, 0.1) is 18.6 Å². The normalized spacial score (nSPS) is 15.5. The molecule has 6 nitrogen and oxygen atoms in total. The fourth-order valence-electron chi connectivity index (χ4n) is 4.38. The van der Waals surface area contributed by atoms with Crippen molar-refractivity contribution in [2.24, 2.45) is 5.92 Å². The number of esters is 2. The summed E-state index contributed by atoms with van der Waals surface area (Å²) in [4.78, 5) is 39.2. The minimum Gasteiger partial charge on any atom is -0.462 e. The van der Waals surface area contributed by atoms with Gasteiger partial charge in [-0.25, -0.2) is 4.79 Å². The van der Waals surface area contributed by atoms with Gasteiger partial charge < -0.3 is 14.8 Å². The standard InChI is InChI=1S/C29H31NO5S/c1-4-34-29(33)26-23-15-10-18(2)16-24(23)36-28(26)30-27(32)19(3)35-25(31)17-20-11-13-22(14-12-20)21-8-6-5-7-9-21/h5-9,11-14,18-19H,4,10,15-17H2,1-3H3,(H,30,32)/t18-,19-/m1/s1. The minimum atomic E-state index is -1.01. The third-order valence-corrected chi connectivity index (χ3v) is 7.48. The number of ether oxygens (including phenoxy) is 2. The lowest BCUT2D eigenvalue weighted by molar-refractivity contribution is -0.152. The van der Waals surface area contributed by atoms with Gasteiger partial charge in [0.2, 0.25) is 0 Å². The van der Waals surface area contributed by atoms with E-state index in [1.54, 1.807) is 6.92 Å². The summed E-state index contributed by atoms with van der Waals surface area (Å²) in [6, 6.07) is 17.7. The van der Waals surface area contributed by atoms with E-state index in [0.29, 0.717) is 16.5 Å². The molecule has 0 aliphatic heterocycles. The second-order valence-corrected chi connectivity index (χ2v) is 10.2. The lowest BCUT2D eigenvalue weighted by Crippen LogP contribution is -2.30. The Hall–Kier alpha value is -3.45. The molecule has 0 radical (unpaired) electrons. The van der Waals surface area contributed by atoms with E-state index in [-0.39, 0.29) is 13.0 Å². The fraction of sp³-hybridized carbons (Fsp3) is 0.345. The Morgan fingerprint density at radius 2 is 1.75 bits per heavy atom. The smallest absolute Gasteiger partial charge is 0.341 e. The molecule has 1 N–H and O–H groups in total. The van der Waals surface area contributed by atoms with E-state index in [4.69, 9.17) is 9.47 Å². The van der Waals surface area contributed by atoms with Crippen molar-refractivity contribution in [1.82, 2.24) is 0 Å². The van der Waals surface area contributed by atoms with Crippen LogP contribution in [0, 0.1) is 5.92 Å². The van der Waals surface area contributed by atoms with Crippen LogP contribution in [0.1, 0.15) is 53.6 Å². The summed E-state index contributed by atoms with van der Waals surface area (Å²) < 4.78 is 10.7. The number of carbonyl (C=O) groups excluding carboxylic acids is 3. The van der Waals surface area contributed by atoms with Crippen LogP contribution in [0.3, 0.4) is 0 Å². The Morgan fingerprint density at radius 1 is 1.06 bits per heavy atom. The highest BCUT2D eigenvalue weighted by atomic mass is 32.1. The number of amides is 1. The van der Waals surface area contributed by atoms with Crippen molar-refractivity contribution >= 4 is 34.2 Å². The quantitative estimate of drug-likeness (QED) is 0.390. The molecule has 36 heavy (non-hydrogen) atoms. The van der Waals surface area contributed by atoms with Crippen LogP contribution >= 0.6 is 11.3 Å². The Morgan fingerprint density at radius 3 is 2.44 bits per heavy atom. The number of anilines is 1. The topological polar surface area (TPSA) is 81.7 Å². The first kappa shape index (κ1) is 25.6. The Labute approximate surface area is 215 Å². The molecule has 2 aromatic carbocycles. The van der Waals surface area contributed by atoms with Crippen molar-refractivity contribution in [1.29, 1.82) is 0 Å². The Balaban J connectivity index is 1.39. The molecule has 1 aromatic heterocycles. The number of benzene rings is 2. The van der Waals surface area contributed by atoms with Crippen LogP contribution in [0.25, 0.3) is 11.1 Å². The second-order valence-electron chi connectivity index (χ2n) is 9.14. The largest absolute Gasteiger partial charge is 0.462 e. The third-order valence-electron chi connectivity index (χ3n) is 6.31. The molecule has 0 fully saturated rings. The van der Waals surface area contributed by atoms with Gasteiger partial charge in [-0.15, -0.1) is 11.3 Å². The molecular weight excluding hydrogens is 474 g/mol. The summed E-state index contributed by atoms with van der Waals surface area (Å²) in [5.74, 6) is -0.866. The molecule has 1 heterocycles. The molecule has 0 saturated carbocycles. The maximum absolute atomic E-state index is 12.9. The zero-order valence-electron chi connectivity index (χ0n) is 20.8. The predicted octanol–water partition coefficient (Wildman–Crippen LogP) is 5.83. The number of hydrogen-bond donors (Lipinski definition) is 1. The van der Waals surface area contributed by atoms with E-state index in [9.17, 15) is 14.4 Å². The van der Waals surface area contributed by atoms with Gasteiger partial charge in [-0.05, 0) is 61.3 Å². The van der Waals surface area contributed by atoms with Gasteiger partial charge in [0.15, 0.2) is 6.10 Å². The molecule has 0 saturated heterocycles. The summed E-state index contributed by atoms with van der Waals surface area (Å²) in [6.45, 7) is 5.73. The maximum atomic E-state index is 12.9. The highest BCUT2D eigenvalue weighted by molar-refractivity contribution is 7.17. The van der Waals surface area contributed by atoms with Gasteiger partial charge in [-0.3, -0.25) is 9.59 Å². The molecule has 0 bridgehead atoms. The molecule has 7 heteroatoms. The summed E-state index contributed by atoms with van der Waals surface area (Å²) in [7, 11) is 0. The van der Waals surface area contributed by atoms with Crippen LogP contribution < -0.4 is 5.32 Å². The van der Waals surface area contributed by atoms with E-state index < -0.39 is 23.9 Å². The van der Waals surface area contributed by atoms with E-state index in [2.05, 4.69) is 12.2 Å². The van der Waals surface area contributed by atoms with Crippen LogP contribution in [-0.4, -0.2) is 30.6 Å². The molecule has 4 rings (SSSR count). The first-order chi connectivity index (χ1) is 17.4. The van der Waals surface area contributed by atoms with Gasteiger partial charge >= 0.3 is 11.9 Å². The van der Waals surface area contributed by atoms with Crippen molar-refractivity contribution in [2.75, 3.05) is 11.9 Å². The molecule has 1 aliphatic carbocycles. The van der Waals surface area contributed by atoms with Crippen molar-refractivity contribution in [3.05, 3.63) is 76.2 Å². The number of hydrogen-bond acceptors (Lipinski definition) is 6. The van der Waals surface area contributed by atoms with Crippen LogP contribution in [-0.2, 0) is 38.3 Å². The van der Waals surface area contributed by atoms with Crippen LogP contribution in [0.15, 0.2) is 54.6 Å². The van der Waals surface area contributed by atoms with Gasteiger partial charge in [0.1, 0.15) is 5.00 Å². The summed E-state index contributed by atoms with van der Waals surface area (Å²) in [5, 5.41) is 3.29. The van der Waals surface area contributed by atoms with Crippen molar-refractivity contribution < 1.29 is 23.9 Å². The van der Waals surface area contributed by atoms with Crippen molar-refractivity contribution in [3.63, 3.8) is 0 Å². The number of nitrogens with one attached hydrogen (secondary N) is 1. The van der Waals surface area contributed by atoms with Gasteiger partial charge in [-0.1, -0.05) is 61.5 Å². The molecule has 0 unspecified atom stereocenters. The Bertz CT molecular complexity index is 1230. The first-order valence-corrected chi connectivity index (χ1v) is 13.1. The zero-order valence-corrected chi connectivity index (χ0v) is 21.7. The molecule has 3 aromatic rings. The molecule has 0 spiro atoms. The first-order valence-electron chi connectivity index (χ1n) is 12.3. The SMILES string of the molecule is CCOC(=O)c1c(NC(=O)[C@@H](C)OC(=O)Cc2ccc(-c3ccccc3)cc2)sc2c1CC[C@@H](C)C2. The van der Waals surface area contributed by atoms with Crippen molar-refractivity contribution in [2.45, 2.75) is 52.6 Å².